The summed E-state index contributed by atoms with van der Waals surface area (Å²) < 4.78 is 6.23. The summed E-state index contributed by atoms with van der Waals surface area (Å²) in [6.45, 7) is 4.31. The molecule has 1 saturated carbocycles. The van der Waals surface area contributed by atoms with Crippen LogP contribution in [0.2, 0.25) is 0 Å². The first-order valence-electron chi connectivity index (χ1n) is 10.0. The molecule has 8 heteroatoms. The van der Waals surface area contributed by atoms with Gasteiger partial charge in [-0.3, -0.25) is 0 Å². The highest BCUT2D eigenvalue weighted by atomic mass is 16.6. The van der Waals surface area contributed by atoms with Crippen molar-refractivity contribution in [3.63, 3.8) is 0 Å². The molecule has 2 aliphatic rings. The lowest BCUT2D eigenvalue weighted by Crippen LogP contribution is -2.36. The van der Waals surface area contributed by atoms with Crippen molar-refractivity contribution in [2.45, 2.75) is 45.6 Å². The minimum atomic E-state index is -0.928. The molecule has 1 aliphatic heterocycles. The zero-order valence-corrected chi connectivity index (χ0v) is 17.7. The van der Waals surface area contributed by atoms with E-state index in [-0.39, 0.29) is 0 Å². The van der Waals surface area contributed by atoms with Crippen LogP contribution in [-0.4, -0.2) is 36.3 Å². The molecule has 0 radical (unpaired) electrons. The van der Waals surface area contributed by atoms with E-state index in [1.165, 1.54) is 35.5 Å². The van der Waals surface area contributed by atoms with E-state index in [4.69, 9.17) is 9.57 Å². The summed E-state index contributed by atoms with van der Waals surface area (Å²) in [5.74, 6) is 1.34. The fourth-order valence-corrected chi connectivity index (χ4v) is 3.65. The average Bonchev–Trinajstić information content (AvgIpc) is 3.53. The van der Waals surface area contributed by atoms with Crippen LogP contribution in [0.4, 0.5) is 5.69 Å². The topological polar surface area (TPSA) is 82.2 Å². The van der Waals surface area contributed by atoms with Gasteiger partial charge in [0, 0.05) is 12.6 Å². The lowest BCUT2D eigenvalue weighted by molar-refractivity contribution is 0.0456. The highest BCUT2D eigenvalue weighted by Gasteiger charge is 2.32. The maximum Gasteiger partial charge on any atom is 0.245 e. The van der Waals surface area contributed by atoms with Gasteiger partial charge >= 0.3 is 0 Å². The summed E-state index contributed by atoms with van der Waals surface area (Å²) in [5, 5.41) is 25.5. The third-order valence-corrected chi connectivity index (χ3v) is 5.47. The maximum atomic E-state index is 10.4. The highest BCUT2D eigenvalue weighted by Crippen LogP contribution is 2.44. The molecule has 1 unspecified atom stereocenters. The molecule has 2 aromatic rings. The van der Waals surface area contributed by atoms with Gasteiger partial charge in [-0.05, 0) is 84.0 Å². The number of oxime groups is 1. The van der Waals surface area contributed by atoms with Crippen molar-refractivity contribution in [2.24, 2.45) is 15.6 Å². The van der Waals surface area contributed by atoms with Crippen LogP contribution in [0.3, 0.4) is 0 Å². The second-order valence-corrected chi connectivity index (χ2v) is 7.69. The standard InChI is InChI=1S/C22H27N5O3/c1-14-12-17(15(2)23-29-4)10-11-21(14)30-13-19-18(16-8-9-16)6-5-7-20(19)27-22(28)26(3)24-25-27/h5-7,10-12,16,22,28H,8-9,13H2,1-4H3. The Bertz CT molecular complexity index is 987. The molecular weight excluding hydrogens is 382 g/mol. The highest BCUT2D eigenvalue weighted by molar-refractivity contribution is 5.98. The Morgan fingerprint density at radius 2 is 2.03 bits per heavy atom. The number of ether oxygens (including phenoxy) is 1. The predicted molar refractivity (Wildman–Crippen MR) is 114 cm³/mol. The molecule has 1 N–H and O–H groups in total. The molecule has 1 fully saturated rings. The molecule has 4 rings (SSSR count). The molecule has 1 atom stereocenters. The number of aryl methyl sites for hydroxylation is 1. The van der Waals surface area contributed by atoms with Crippen LogP contribution < -0.4 is 9.75 Å². The van der Waals surface area contributed by atoms with Crippen LogP contribution in [-0.2, 0) is 11.4 Å². The van der Waals surface area contributed by atoms with Crippen molar-refractivity contribution in [2.75, 3.05) is 19.2 Å². The van der Waals surface area contributed by atoms with Gasteiger partial charge in [0.2, 0.25) is 6.35 Å². The fraction of sp³-hybridized carbons (Fsp3) is 0.409. The minimum absolute atomic E-state index is 0.385. The van der Waals surface area contributed by atoms with Crippen LogP contribution in [0, 0.1) is 6.92 Å². The summed E-state index contributed by atoms with van der Waals surface area (Å²) in [6, 6.07) is 12.1. The Hall–Kier alpha value is -3.13. The fourth-order valence-electron chi connectivity index (χ4n) is 3.65. The average molecular weight is 409 g/mol. The molecule has 0 spiro atoms. The Morgan fingerprint density at radius 1 is 1.23 bits per heavy atom. The molecule has 1 heterocycles. The second kappa shape index (κ2) is 8.31. The molecule has 8 nitrogen and oxygen atoms in total. The summed E-state index contributed by atoms with van der Waals surface area (Å²) in [6.07, 6.45) is 1.42. The summed E-state index contributed by atoms with van der Waals surface area (Å²) in [7, 11) is 3.23. The predicted octanol–water partition coefficient (Wildman–Crippen LogP) is 4.13. The third-order valence-electron chi connectivity index (χ3n) is 5.47. The number of aliphatic hydroxyl groups is 1. The molecule has 0 bridgehead atoms. The number of aliphatic hydroxyl groups excluding tert-OH is 1. The molecule has 158 valence electrons. The first kappa shape index (κ1) is 20.2. The Labute approximate surface area is 176 Å². The number of anilines is 1. The van der Waals surface area contributed by atoms with Crippen molar-refractivity contribution >= 4 is 11.4 Å². The zero-order valence-electron chi connectivity index (χ0n) is 17.7. The maximum absolute atomic E-state index is 10.4. The summed E-state index contributed by atoms with van der Waals surface area (Å²) in [4.78, 5) is 4.86. The summed E-state index contributed by atoms with van der Waals surface area (Å²) >= 11 is 0. The first-order valence-corrected chi connectivity index (χ1v) is 10.0. The van der Waals surface area contributed by atoms with Crippen molar-refractivity contribution in [1.29, 1.82) is 0 Å². The molecule has 0 aromatic heterocycles. The first-order chi connectivity index (χ1) is 14.5. The lowest BCUT2D eigenvalue weighted by atomic mass is 10.0. The Kier molecular flexibility index (Phi) is 5.59. The number of nitrogens with zero attached hydrogens (tertiary/aromatic N) is 5. The number of rotatable bonds is 7. The molecular formula is C22H27N5O3. The van der Waals surface area contributed by atoms with Gasteiger partial charge < -0.3 is 14.7 Å². The van der Waals surface area contributed by atoms with Gasteiger partial charge in [0.25, 0.3) is 0 Å². The molecule has 2 aromatic carbocycles. The Balaban J connectivity index is 1.60. The van der Waals surface area contributed by atoms with Crippen LogP contribution in [0.1, 0.15) is 47.9 Å². The monoisotopic (exact) mass is 409 g/mol. The van der Waals surface area contributed by atoms with E-state index in [0.29, 0.717) is 12.5 Å². The van der Waals surface area contributed by atoms with Crippen molar-refractivity contribution < 1.29 is 14.7 Å². The summed E-state index contributed by atoms with van der Waals surface area (Å²) in [5.41, 5.74) is 5.92. The minimum Gasteiger partial charge on any atom is -0.489 e. The van der Waals surface area contributed by atoms with E-state index < -0.39 is 6.35 Å². The van der Waals surface area contributed by atoms with Crippen LogP contribution in [0.15, 0.2) is 52.0 Å². The van der Waals surface area contributed by atoms with E-state index >= 15 is 0 Å². The number of hydrogen-bond donors (Lipinski definition) is 1. The van der Waals surface area contributed by atoms with Gasteiger partial charge in [-0.25, -0.2) is 5.01 Å². The molecule has 0 saturated heterocycles. The van der Waals surface area contributed by atoms with Crippen LogP contribution in [0.25, 0.3) is 0 Å². The van der Waals surface area contributed by atoms with Crippen molar-refractivity contribution in [1.82, 2.24) is 5.01 Å². The van der Waals surface area contributed by atoms with Gasteiger partial charge in [0.1, 0.15) is 19.5 Å². The van der Waals surface area contributed by atoms with E-state index in [1.807, 2.05) is 44.2 Å². The van der Waals surface area contributed by atoms with Gasteiger partial charge in [-0.15, -0.1) is 0 Å². The largest absolute Gasteiger partial charge is 0.489 e. The lowest BCUT2D eigenvalue weighted by Gasteiger charge is -2.24. The van der Waals surface area contributed by atoms with Crippen molar-refractivity contribution in [3.8, 4) is 5.75 Å². The smallest absolute Gasteiger partial charge is 0.245 e. The van der Waals surface area contributed by atoms with Gasteiger partial charge in [-0.2, -0.15) is 5.01 Å². The SMILES string of the molecule is CON=C(C)c1ccc(OCc2c(C3CC3)cccc2N2N=NN(C)C2O)c(C)c1. The van der Waals surface area contributed by atoms with Crippen molar-refractivity contribution in [3.05, 3.63) is 58.7 Å². The third kappa shape index (κ3) is 3.95. The van der Waals surface area contributed by atoms with Crippen LogP contribution >= 0.6 is 0 Å². The van der Waals surface area contributed by atoms with Gasteiger partial charge in [-0.1, -0.05) is 17.3 Å². The number of benzene rings is 2. The molecule has 30 heavy (non-hydrogen) atoms. The van der Waals surface area contributed by atoms with Gasteiger partial charge in [0.05, 0.1) is 11.4 Å². The molecule has 0 amide bonds. The molecule has 1 aliphatic carbocycles. The van der Waals surface area contributed by atoms with Gasteiger partial charge in [0.15, 0.2) is 0 Å². The van der Waals surface area contributed by atoms with E-state index in [9.17, 15) is 5.11 Å². The zero-order chi connectivity index (χ0) is 21.3. The normalized spacial score (nSPS) is 18.8. The van der Waals surface area contributed by atoms with E-state index in [2.05, 4.69) is 21.7 Å². The van der Waals surface area contributed by atoms with Crippen LogP contribution in [0.5, 0.6) is 5.75 Å². The quantitative estimate of drug-likeness (QED) is 0.549. The van der Waals surface area contributed by atoms with E-state index in [1.54, 1.807) is 7.05 Å². The second-order valence-electron chi connectivity index (χ2n) is 7.69. The van der Waals surface area contributed by atoms with E-state index in [0.717, 1.165) is 33.8 Å². The Morgan fingerprint density at radius 3 is 2.67 bits per heavy atom. The number of hydrogen-bond acceptors (Lipinski definition) is 8.